The van der Waals surface area contributed by atoms with E-state index >= 15 is 0 Å². The van der Waals surface area contributed by atoms with Gasteiger partial charge >= 0.3 is 0 Å². The first-order valence-corrected chi connectivity index (χ1v) is 4.86. The molecule has 0 N–H and O–H groups in total. The van der Waals surface area contributed by atoms with E-state index in [2.05, 4.69) is 4.98 Å². The number of carbonyl (C=O) groups excluding carboxylic acids is 1. The molecular weight excluding hydrogens is 212 g/mol. The van der Waals surface area contributed by atoms with E-state index in [4.69, 9.17) is 11.6 Å². The second-order valence-corrected chi connectivity index (χ2v) is 3.54. The molecule has 0 amide bonds. The molecule has 76 valence electrons. The van der Waals surface area contributed by atoms with Crippen LogP contribution in [0.4, 0.5) is 0 Å². The zero-order valence-electron chi connectivity index (χ0n) is 8.14. The van der Waals surface area contributed by atoms with Crippen LogP contribution in [0.5, 0.6) is 0 Å². The summed E-state index contributed by atoms with van der Waals surface area (Å²) in [6.07, 6.45) is 4.25. The highest BCUT2D eigenvalue weighted by Crippen LogP contribution is 2.22. The van der Waals surface area contributed by atoms with Gasteiger partial charge in [0.2, 0.25) is 0 Å². The molecule has 0 unspecified atom stereocenters. The van der Waals surface area contributed by atoms with Crippen molar-refractivity contribution in [3.05, 3.63) is 47.0 Å². The third kappa shape index (κ3) is 1.66. The minimum atomic E-state index is 0.454. The largest absolute Gasteiger partial charge is 0.303 e. The first kappa shape index (κ1) is 9.93. The molecule has 0 aliphatic heterocycles. The van der Waals surface area contributed by atoms with Crippen LogP contribution in [0.15, 0.2) is 30.6 Å². The molecular formula is C11H9ClN2O. The van der Waals surface area contributed by atoms with Crippen LogP contribution in [0.25, 0.3) is 5.69 Å². The summed E-state index contributed by atoms with van der Waals surface area (Å²) in [6.45, 7) is 1.87. The predicted molar refractivity (Wildman–Crippen MR) is 58.7 cm³/mol. The average molecular weight is 221 g/mol. The molecule has 3 nitrogen and oxygen atoms in total. The average Bonchev–Trinajstić information content (AvgIpc) is 2.64. The van der Waals surface area contributed by atoms with Gasteiger partial charge in [0.15, 0.2) is 6.29 Å². The summed E-state index contributed by atoms with van der Waals surface area (Å²) in [5.74, 6) is 0.820. The minimum Gasteiger partial charge on any atom is -0.303 e. The SMILES string of the molecule is Cc1nccn1-c1cccc(Cl)c1C=O. The number of aldehydes is 1. The quantitative estimate of drug-likeness (QED) is 0.730. The molecule has 0 saturated carbocycles. The molecule has 0 aliphatic carbocycles. The Kier molecular flexibility index (Phi) is 2.56. The molecule has 1 heterocycles. The Morgan fingerprint density at radius 1 is 1.47 bits per heavy atom. The van der Waals surface area contributed by atoms with Crippen molar-refractivity contribution >= 4 is 17.9 Å². The smallest absolute Gasteiger partial charge is 0.153 e. The number of carbonyl (C=O) groups is 1. The predicted octanol–water partition coefficient (Wildman–Crippen LogP) is 2.65. The number of benzene rings is 1. The molecule has 1 aromatic heterocycles. The van der Waals surface area contributed by atoms with Gasteiger partial charge in [-0.15, -0.1) is 0 Å². The van der Waals surface area contributed by atoms with Gasteiger partial charge in [-0.1, -0.05) is 17.7 Å². The second-order valence-electron chi connectivity index (χ2n) is 3.13. The van der Waals surface area contributed by atoms with Crippen molar-refractivity contribution in [1.82, 2.24) is 9.55 Å². The maximum Gasteiger partial charge on any atom is 0.153 e. The summed E-state index contributed by atoms with van der Waals surface area (Å²) in [7, 11) is 0. The lowest BCUT2D eigenvalue weighted by atomic mass is 10.2. The van der Waals surface area contributed by atoms with Gasteiger partial charge in [0, 0.05) is 12.4 Å². The Morgan fingerprint density at radius 3 is 2.87 bits per heavy atom. The Hall–Kier alpha value is -1.61. The first-order chi connectivity index (χ1) is 7.24. The maximum atomic E-state index is 10.9. The van der Waals surface area contributed by atoms with Gasteiger partial charge < -0.3 is 4.57 Å². The highest BCUT2D eigenvalue weighted by atomic mass is 35.5. The first-order valence-electron chi connectivity index (χ1n) is 4.48. The Morgan fingerprint density at radius 2 is 2.27 bits per heavy atom. The third-order valence-corrected chi connectivity index (χ3v) is 2.56. The molecule has 0 bridgehead atoms. The van der Waals surface area contributed by atoms with Crippen LogP contribution in [0, 0.1) is 6.92 Å². The van der Waals surface area contributed by atoms with Crippen molar-refractivity contribution in [2.45, 2.75) is 6.92 Å². The van der Waals surface area contributed by atoms with E-state index in [0.717, 1.165) is 17.8 Å². The number of hydrogen-bond acceptors (Lipinski definition) is 2. The highest BCUT2D eigenvalue weighted by molar-refractivity contribution is 6.33. The van der Waals surface area contributed by atoms with E-state index in [9.17, 15) is 4.79 Å². The summed E-state index contributed by atoms with van der Waals surface area (Å²) in [6, 6.07) is 5.34. The van der Waals surface area contributed by atoms with E-state index in [1.807, 2.05) is 23.6 Å². The Labute approximate surface area is 92.3 Å². The number of hydrogen-bond donors (Lipinski definition) is 0. The van der Waals surface area contributed by atoms with Gasteiger partial charge in [-0.05, 0) is 19.1 Å². The number of nitrogens with zero attached hydrogens (tertiary/aromatic N) is 2. The number of imidazole rings is 1. The van der Waals surface area contributed by atoms with Crippen molar-refractivity contribution in [2.75, 3.05) is 0 Å². The molecule has 2 aromatic rings. The summed E-state index contributed by atoms with van der Waals surface area (Å²) in [5.41, 5.74) is 1.24. The molecule has 4 heteroatoms. The van der Waals surface area contributed by atoms with Crippen LogP contribution < -0.4 is 0 Å². The number of aryl methyl sites for hydroxylation is 1. The normalized spacial score (nSPS) is 10.3. The van der Waals surface area contributed by atoms with E-state index in [0.29, 0.717) is 10.6 Å². The summed E-state index contributed by atoms with van der Waals surface area (Å²) < 4.78 is 1.83. The van der Waals surface area contributed by atoms with Crippen LogP contribution >= 0.6 is 11.6 Å². The Balaban J connectivity index is 2.68. The molecule has 0 saturated heterocycles. The second kappa shape index (κ2) is 3.87. The van der Waals surface area contributed by atoms with Crippen LogP contribution in [-0.4, -0.2) is 15.8 Å². The van der Waals surface area contributed by atoms with Gasteiger partial charge in [-0.3, -0.25) is 4.79 Å². The lowest BCUT2D eigenvalue weighted by Crippen LogP contribution is -2.00. The molecule has 15 heavy (non-hydrogen) atoms. The van der Waals surface area contributed by atoms with Crippen LogP contribution in [0.3, 0.4) is 0 Å². The lowest BCUT2D eigenvalue weighted by Gasteiger charge is -2.08. The monoisotopic (exact) mass is 220 g/mol. The highest BCUT2D eigenvalue weighted by Gasteiger charge is 2.08. The van der Waals surface area contributed by atoms with Crippen molar-refractivity contribution in [1.29, 1.82) is 0 Å². The third-order valence-electron chi connectivity index (χ3n) is 2.23. The summed E-state index contributed by atoms with van der Waals surface area (Å²) in [4.78, 5) is 15.0. The van der Waals surface area contributed by atoms with E-state index in [-0.39, 0.29) is 0 Å². The minimum absolute atomic E-state index is 0.454. The molecule has 0 atom stereocenters. The molecule has 0 radical (unpaired) electrons. The molecule has 0 fully saturated rings. The van der Waals surface area contributed by atoms with Crippen molar-refractivity contribution in [3.8, 4) is 5.69 Å². The Bertz CT molecular complexity index is 505. The lowest BCUT2D eigenvalue weighted by molar-refractivity contribution is 0.112. The van der Waals surface area contributed by atoms with Gasteiger partial charge in [0.1, 0.15) is 5.82 Å². The molecule has 0 spiro atoms. The fourth-order valence-corrected chi connectivity index (χ4v) is 1.70. The standard InChI is InChI=1S/C11H9ClN2O/c1-8-13-5-6-14(8)11-4-2-3-10(12)9(11)7-15/h2-7H,1H3. The summed E-state index contributed by atoms with van der Waals surface area (Å²) in [5, 5.41) is 0.454. The number of aromatic nitrogens is 2. The van der Waals surface area contributed by atoms with Crippen LogP contribution in [0.1, 0.15) is 16.2 Å². The topological polar surface area (TPSA) is 34.9 Å². The molecule has 2 rings (SSSR count). The van der Waals surface area contributed by atoms with Crippen molar-refractivity contribution < 1.29 is 4.79 Å². The molecule has 1 aromatic carbocycles. The van der Waals surface area contributed by atoms with E-state index in [1.54, 1.807) is 18.5 Å². The zero-order valence-corrected chi connectivity index (χ0v) is 8.90. The number of halogens is 1. The van der Waals surface area contributed by atoms with Gasteiger partial charge in [-0.25, -0.2) is 4.98 Å². The zero-order chi connectivity index (χ0) is 10.8. The molecule has 0 aliphatic rings. The maximum absolute atomic E-state index is 10.9. The van der Waals surface area contributed by atoms with E-state index < -0.39 is 0 Å². The van der Waals surface area contributed by atoms with Gasteiger partial charge in [0.25, 0.3) is 0 Å². The van der Waals surface area contributed by atoms with Crippen LogP contribution in [0.2, 0.25) is 5.02 Å². The van der Waals surface area contributed by atoms with Gasteiger partial charge in [-0.2, -0.15) is 0 Å². The van der Waals surface area contributed by atoms with E-state index in [1.165, 1.54) is 0 Å². The van der Waals surface area contributed by atoms with Gasteiger partial charge in [0.05, 0.1) is 16.3 Å². The van der Waals surface area contributed by atoms with Crippen molar-refractivity contribution in [3.63, 3.8) is 0 Å². The van der Waals surface area contributed by atoms with Crippen LogP contribution in [-0.2, 0) is 0 Å². The summed E-state index contributed by atoms with van der Waals surface area (Å²) >= 11 is 5.93. The van der Waals surface area contributed by atoms with Crippen molar-refractivity contribution in [2.24, 2.45) is 0 Å². The fourth-order valence-electron chi connectivity index (χ4n) is 1.48. The number of rotatable bonds is 2. The fraction of sp³-hybridized carbons (Fsp3) is 0.0909.